The van der Waals surface area contributed by atoms with Gasteiger partial charge in [0, 0.05) is 35.3 Å². The monoisotopic (exact) mass is 351 g/mol. The van der Waals surface area contributed by atoms with Gasteiger partial charge in [-0.1, -0.05) is 6.58 Å². The summed E-state index contributed by atoms with van der Waals surface area (Å²) in [5, 5.41) is 7.55. The van der Waals surface area contributed by atoms with E-state index in [1.165, 1.54) is 11.1 Å². The topological polar surface area (TPSA) is 75.7 Å². The van der Waals surface area contributed by atoms with Crippen molar-refractivity contribution in [3.05, 3.63) is 60.6 Å². The molecular formula is C18H17N5OS. The molecule has 0 radical (unpaired) electrons. The second-order valence-corrected chi connectivity index (χ2v) is 6.87. The lowest BCUT2D eigenvalue weighted by Gasteiger charge is -2.29. The van der Waals surface area contributed by atoms with E-state index in [2.05, 4.69) is 34.0 Å². The van der Waals surface area contributed by atoms with Crippen LogP contribution in [0.5, 0.6) is 0 Å². The number of hydrogen-bond donors (Lipinski definition) is 2. The molecule has 0 atom stereocenters. The number of nitrogens with one attached hydrogen (secondary N) is 1. The van der Waals surface area contributed by atoms with Crippen molar-refractivity contribution in [2.75, 3.05) is 23.0 Å². The van der Waals surface area contributed by atoms with Gasteiger partial charge < -0.3 is 16.0 Å². The van der Waals surface area contributed by atoms with E-state index in [9.17, 15) is 4.79 Å². The Morgan fingerprint density at radius 1 is 1.40 bits per heavy atom. The number of aromatic nitrogens is 2. The highest BCUT2D eigenvalue weighted by molar-refractivity contribution is 7.99. The number of nitrogens with zero attached hydrogens (tertiary/aromatic N) is 3. The fourth-order valence-corrected chi connectivity index (χ4v) is 3.89. The summed E-state index contributed by atoms with van der Waals surface area (Å²) in [6.45, 7) is 4.09. The van der Waals surface area contributed by atoms with Crippen LogP contribution in [0.4, 0.5) is 17.1 Å². The van der Waals surface area contributed by atoms with E-state index in [4.69, 9.17) is 5.73 Å². The first-order chi connectivity index (χ1) is 12.0. The Kier molecular flexibility index (Phi) is 3.65. The van der Waals surface area contributed by atoms with Gasteiger partial charge in [0.05, 0.1) is 28.7 Å². The second-order valence-electron chi connectivity index (χ2n) is 5.86. The summed E-state index contributed by atoms with van der Waals surface area (Å²) >= 11 is 1.77. The number of carbonyl (C=O) groups excluding carboxylic acids is 1. The minimum Gasteiger partial charge on any atom is -0.365 e. The van der Waals surface area contributed by atoms with Crippen LogP contribution in [0.15, 0.2) is 59.9 Å². The molecule has 3 heterocycles. The standard InChI is InChI=1S/C18H17N5OS/c1-11-10-25-16-6-5-12(8-15(16)22(11)2)21-17-13(18(19)24)9-20-23-7-3-4-14(17)23/h3-9,21H,1,10H2,2H3,(H2,19,24). The summed E-state index contributed by atoms with van der Waals surface area (Å²) < 4.78 is 1.71. The molecule has 0 aliphatic carbocycles. The minimum absolute atomic E-state index is 0.357. The molecule has 2 aromatic heterocycles. The third-order valence-electron chi connectivity index (χ3n) is 4.29. The molecule has 126 valence electrons. The van der Waals surface area contributed by atoms with Crippen molar-refractivity contribution < 1.29 is 4.79 Å². The molecule has 1 aliphatic rings. The smallest absolute Gasteiger partial charge is 0.252 e. The zero-order valence-corrected chi connectivity index (χ0v) is 14.5. The lowest BCUT2D eigenvalue weighted by molar-refractivity contribution is 0.100. The molecule has 0 spiro atoms. The first kappa shape index (κ1) is 15.6. The molecule has 4 rings (SSSR count). The van der Waals surface area contributed by atoms with Crippen molar-refractivity contribution in [2.24, 2.45) is 5.73 Å². The molecule has 1 amide bonds. The fourth-order valence-electron chi connectivity index (χ4n) is 2.86. The Labute approximate surface area is 149 Å². The van der Waals surface area contributed by atoms with Crippen molar-refractivity contribution in [3.63, 3.8) is 0 Å². The Morgan fingerprint density at radius 3 is 3.04 bits per heavy atom. The summed E-state index contributed by atoms with van der Waals surface area (Å²) in [7, 11) is 2.01. The van der Waals surface area contributed by atoms with Gasteiger partial charge in [-0.25, -0.2) is 4.52 Å². The number of carbonyl (C=O) groups is 1. The highest BCUT2D eigenvalue weighted by atomic mass is 32.2. The van der Waals surface area contributed by atoms with Crippen LogP contribution in [0.25, 0.3) is 5.52 Å². The number of thioether (sulfide) groups is 1. The van der Waals surface area contributed by atoms with Crippen LogP contribution in [-0.2, 0) is 0 Å². The molecule has 0 saturated carbocycles. The summed E-state index contributed by atoms with van der Waals surface area (Å²) in [4.78, 5) is 15.1. The van der Waals surface area contributed by atoms with Crippen molar-refractivity contribution in [2.45, 2.75) is 4.90 Å². The van der Waals surface area contributed by atoms with Crippen molar-refractivity contribution in [1.82, 2.24) is 9.61 Å². The van der Waals surface area contributed by atoms with Gasteiger partial charge in [-0.3, -0.25) is 4.79 Å². The van der Waals surface area contributed by atoms with Crippen LogP contribution in [-0.4, -0.2) is 28.3 Å². The fraction of sp³-hybridized carbons (Fsp3) is 0.111. The van der Waals surface area contributed by atoms with Crippen molar-refractivity contribution >= 4 is 40.2 Å². The Balaban J connectivity index is 1.80. The van der Waals surface area contributed by atoms with Gasteiger partial charge in [0.2, 0.25) is 0 Å². The summed E-state index contributed by atoms with van der Waals surface area (Å²) in [5.41, 5.74) is 10.4. The molecule has 0 fully saturated rings. The number of amides is 1. The minimum atomic E-state index is -0.516. The quantitative estimate of drug-likeness (QED) is 0.758. The van der Waals surface area contributed by atoms with Gasteiger partial charge in [-0.05, 0) is 30.3 Å². The normalized spacial score (nSPS) is 13.8. The maximum atomic E-state index is 11.8. The molecule has 0 bridgehead atoms. The van der Waals surface area contributed by atoms with Gasteiger partial charge in [-0.15, -0.1) is 11.8 Å². The SMILES string of the molecule is C=C1CSc2ccc(Nc3c(C(N)=O)cnn4cccc34)cc2N1C. The summed E-state index contributed by atoms with van der Waals surface area (Å²) in [6, 6.07) is 9.89. The lowest BCUT2D eigenvalue weighted by Crippen LogP contribution is -2.21. The molecule has 1 aliphatic heterocycles. The molecule has 0 saturated heterocycles. The van der Waals surface area contributed by atoms with E-state index >= 15 is 0 Å². The molecule has 7 heteroatoms. The zero-order valence-electron chi connectivity index (χ0n) is 13.7. The van der Waals surface area contributed by atoms with Crippen LogP contribution < -0.4 is 16.0 Å². The van der Waals surface area contributed by atoms with Crippen LogP contribution in [0.1, 0.15) is 10.4 Å². The van der Waals surface area contributed by atoms with E-state index < -0.39 is 5.91 Å². The number of rotatable bonds is 3. The van der Waals surface area contributed by atoms with Gasteiger partial charge in [0.1, 0.15) is 0 Å². The average molecular weight is 351 g/mol. The van der Waals surface area contributed by atoms with E-state index in [0.29, 0.717) is 11.3 Å². The summed E-state index contributed by atoms with van der Waals surface area (Å²) in [6.07, 6.45) is 3.31. The van der Waals surface area contributed by atoms with Crippen molar-refractivity contribution in [1.29, 1.82) is 0 Å². The Morgan fingerprint density at radius 2 is 2.24 bits per heavy atom. The van der Waals surface area contributed by atoms with Crippen LogP contribution in [0, 0.1) is 0 Å². The van der Waals surface area contributed by atoms with Gasteiger partial charge >= 0.3 is 0 Å². The van der Waals surface area contributed by atoms with Gasteiger partial charge in [0.15, 0.2) is 0 Å². The third-order valence-corrected chi connectivity index (χ3v) is 5.42. The molecular weight excluding hydrogens is 334 g/mol. The number of hydrogen-bond acceptors (Lipinski definition) is 5. The Bertz CT molecular complexity index is 1010. The Hall–Kier alpha value is -2.93. The largest absolute Gasteiger partial charge is 0.365 e. The number of benzene rings is 1. The average Bonchev–Trinajstić information content (AvgIpc) is 3.08. The zero-order chi connectivity index (χ0) is 17.6. The van der Waals surface area contributed by atoms with E-state index in [1.807, 2.05) is 31.4 Å². The lowest BCUT2D eigenvalue weighted by atomic mass is 10.2. The highest BCUT2D eigenvalue weighted by Crippen LogP contribution is 2.40. The van der Waals surface area contributed by atoms with Crippen LogP contribution >= 0.6 is 11.8 Å². The first-order valence-corrected chi connectivity index (χ1v) is 8.74. The first-order valence-electron chi connectivity index (χ1n) is 7.76. The van der Waals surface area contributed by atoms with Crippen LogP contribution in [0.2, 0.25) is 0 Å². The van der Waals surface area contributed by atoms with Gasteiger partial charge in [-0.2, -0.15) is 5.10 Å². The number of nitrogens with two attached hydrogens (primary N) is 1. The highest BCUT2D eigenvalue weighted by Gasteiger charge is 2.19. The summed E-state index contributed by atoms with van der Waals surface area (Å²) in [5.74, 6) is 0.370. The van der Waals surface area contributed by atoms with Crippen LogP contribution in [0.3, 0.4) is 0 Å². The molecule has 3 aromatic rings. The molecule has 25 heavy (non-hydrogen) atoms. The van der Waals surface area contributed by atoms with E-state index in [0.717, 1.165) is 28.3 Å². The molecule has 6 nitrogen and oxygen atoms in total. The van der Waals surface area contributed by atoms with E-state index in [-0.39, 0.29) is 0 Å². The molecule has 3 N–H and O–H groups in total. The number of anilines is 3. The number of fused-ring (bicyclic) bond motifs is 2. The van der Waals surface area contributed by atoms with E-state index in [1.54, 1.807) is 16.3 Å². The third kappa shape index (κ3) is 2.62. The molecule has 0 unspecified atom stereocenters. The second kappa shape index (κ2) is 5.86. The molecule has 1 aromatic carbocycles. The van der Waals surface area contributed by atoms with Gasteiger partial charge in [0.25, 0.3) is 5.91 Å². The van der Waals surface area contributed by atoms with Crippen molar-refractivity contribution in [3.8, 4) is 0 Å². The maximum absolute atomic E-state index is 11.8. The predicted molar refractivity (Wildman–Crippen MR) is 102 cm³/mol. The predicted octanol–water partition coefficient (Wildman–Crippen LogP) is 3.23. The maximum Gasteiger partial charge on any atom is 0.252 e. The number of primary amides is 1.